The second kappa shape index (κ2) is 4.11. The van der Waals surface area contributed by atoms with Crippen LogP contribution < -0.4 is 4.35 Å². The van der Waals surface area contributed by atoms with Crippen LogP contribution >= 0.6 is 0 Å². The normalized spacial score (nSPS) is 11.4. The fourth-order valence-corrected chi connectivity index (χ4v) is 3.49. The van der Waals surface area contributed by atoms with Gasteiger partial charge >= 0.3 is 120 Å². The van der Waals surface area contributed by atoms with Gasteiger partial charge in [0.2, 0.25) is 0 Å². The number of rotatable bonds is 0. The monoisotopic (exact) mass is 302 g/mol. The Bertz CT molecular complexity index is 922. The molecule has 0 aliphatic rings. The van der Waals surface area contributed by atoms with Crippen LogP contribution in [-0.4, -0.2) is 16.9 Å². The second-order valence-corrected chi connectivity index (χ2v) is 5.87. The van der Waals surface area contributed by atoms with E-state index in [1.807, 2.05) is 0 Å². The van der Waals surface area contributed by atoms with Crippen molar-refractivity contribution in [2.75, 3.05) is 0 Å². The van der Waals surface area contributed by atoms with Crippen LogP contribution in [-0.2, 0) is 0 Å². The SMILES string of the molecule is [As]c1cccc2ccc3cc4ccccc4cc3c12. The molecule has 0 unspecified atom stereocenters. The van der Waals surface area contributed by atoms with E-state index >= 15 is 0 Å². The average molecular weight is 302 g/mol. The van der Waals surface area contributed by atoms with E-state index in [0.717, 1.165) is 0 Å². The minimum atomic E-state index is 1.28. The Kier molecular flexibility index (Phi) is 2.40. The van der Waals surface area contributed by atoms with Crippen LogP contribution in [0.3, 0.4) is 0 Å². The van der Waals surface area contributed by atoms with Crippen molar-refractivity contribution >= 4 is 53.5 Å². The summed E-state index contributed by atoms with van der Waals surface area (Å²) in [4.78, 5) is 0. The first-order valence-corrected chi connectivity index (χ1v) is 7.30. The van der Waals surface area contributed by atoms with Gasteiger partial charge in [0.1, 0.15) is 0 Å². The number of fused-ring (bicyclic) bond motifs is 4. The van der Waals surface area contributed by atoms with Gasteiger partial charge in [0.25, 0.3) is 0 Å². The van der Waals surface area contributed by atoms with Crippen molar-refractivity contribution in [3.05, 3.63) is 66.7 Å². The van der Waals surface area contributed by atoms with Gasteiger partial charge < -0.3 is 0 Å². The second-order valence-electron chi connectivity index (χ2n) is 4.86. The molecule has 0 bridgehead atoms. The summed E-state index contributed by atoms with van der Waals surface area (Å²) in [6.45, 7) is 0. The molecule has 0 saturated heterocycles. The zero-order valence-corrected chi connectivity index (χ0v) is 12.2. The third-order valence-electron chi connectivity index (χ3n) is 3.70. The topological polar surface area (TPSA) is 0 Å². The van der Waals surface area contributed by atoms with Crippen molar-refractivity contribution in [1.29, 1.82) is 0 Å². The van der Waals surface area contributed by atoms with Crippen LogP contribution in [0.1, 0.15) is 0 Å². The first-order valence-electron chi connectivity index (χ1n) is 6.36. The van der Waals surface area contributed by atoms with Gasteiger partial charge in [0, 0.05) is 0 Å². The Morgan fingerprint density at radius 1 is 0.579 bits per heavy atom. The van der Waals surface area contributed by atoms with Gasteiger partial charge in [0.15, 0.2) is 0 Å². The van der Waals surface area contributed by atoms with Crippen LogP contribution in [0.4, 0.5) is 0 Å². The molecule has 1 heteroatoms. The number of benzene rings is 4. The van der Waals surface area contributed by atoms with Crippen LogP contribution in [0.15, 0.2) is 66.7 Å². The summed E-state index contributed by atoms with van der Waals surface area (Å²) >= 11 is 2.69. The Labute approximate surface area is 120 Å². The van der Waals surface area contributed by atoms with Crippen molar-refractivity contribution in [3.8, 4) is 0 Å². The summed E-state index contributed by atoms with van der Waals surface area (Å²) in [6, 6.07) is 24.0. The summed E-state index contributed by atoms with van der Waals surface area (Å²) in [6.07, 6.45) is 0. The van der Waals surface area contributed by atoms with Crippen molar-refractivity contribution in [3.63, 3.8) is 0 Å². The summed E-state index contributed by atoms with van der Waals surface area (Å²) in [7, 11) is 0. The molecule has 0 aromatic heterocycles. The molecule has 0 aliphatic heterocycles. The quantitative estimate of drug-likeness (QED) is 0.262. The molecule has 0 spiro atoms. The first kappa shape index (κ1) is 11.1. The fourth-order valence-electron chi connectivity index (χ4n) is 2.78. The molecule has 0 nitrogen and oxygen atoms in total. The van der Waals surface area contributed by atoms with E-state index in [-0.39, 0.29) is 0 Å². The van der Waals surface area contributed by atoms with Gasteiger partial charge in [-0.1, -0.05) is 0 Å². The zero-order chi connectivity index (χ0) is 12.8. The number of hydrogen-bond acceptors (Lipinski definition) is 0. The standard InChI is InChI=1S/C18H11As/c19-17-7-3-6-12-8-9-15-10-13-4-1-2-5-14(13)11-16(15)18(12)17/h1-11H. The Hall–Kier alpha value is -1.78. The van der Waals surface area contributed by atoms with Crippen LogP contribution in [0, 0.1) is 0 Å². The molecule has 88 valence electrons. The Morgan fingerprint density at radius 2 is 1.26 bits per heavy atom. The van der Waals surface area contributed by atoms with Gasteiger partial charge in [-0.05, 0) is 0 Å². The van der Waals surface area contributed by atoms with Gasteiger partial charge in [-0.25, -0.2) is 0 Å². The average Bonchev–Trinajstić information content (AvgIpc) is 2.45. The number of hydrogen-bond donors (Lipinski definition) is 0. The molecule has 4 aromatic carbocycles. The maximum atomic E-state index is 2.69. The van der Waals surface area contributed by atoms with Crippen molar-refractivity contribution in [1.82, 2.24) is 0 Å². The van der Waals surface area contributed by atoms with E-state index in [1.54, 1.807) is 0 Å². The van der Waals surface area contributed by atoms with E-state index in [2.05, 4.69) is 83.6 Å². The van der Waals surface area contributed by atoms with E-state index in [0.29, 0.717) is 0 Å². The molecule has 0 amide bonds. The molecule has 4 aromatic rings. The molecular weight excluding hydrogens is 291 g/mol. The molecule has 0 saturated carbocycles. The predicted molar refractivity (Wildman–Crippen MR) is 84.3 cm³/mol. The summed E-state index contributed by atoms with van der Waals surface area (Å²) < 4.78 is 1.28. The molecule has 19 heavy (non-hydrogen) atoms. The van der Waals surface area contributed by atoms with Crippen molar-refractivity contribution in [2.45, 2.75) is 0 Å². The maximum absolute atomic E-state index is 2.69. The van der Waals surface area contributed by atoms with E-state index in [4.69, 9.17) is 0 Å². The summed E-state index contributed by atoms with van der Waals surface area (Å²) in [5.41, 5.74) is 0. The van der Waals surface area contributed by atoms with Crippen molar-refractivity contribution in [2.24, 2.45) is 0 Å². The zero-order valence-electron chi connectivity index (χ0n) is 10.3. The van der Waals surface area contributed by atoms with Gasteiger partial charge in [-0.3, -0.25) is 0 Å². The fraction of sp³-hybridized carbons (Fsp3) is 0. The third kappa shape index (κ3) is 1.68. The molecule has 0 atom stereocenters. The van der Waals surface area contributed by atoms with Gasteiger partial charge in [0.05, 0.1) is 0 Å². The first-order chi connectivity index (χ1) is 9.33. The van der Waals surface area contributed by atoms with Crippen molar-refractivity contribution < 1.29 is 0 Å². The third-order valence-corrected chi connectivity index (χ3v) is 4.49. The van der Waals surface area contributed by atoms with Crippen LogP contribution in [0.5, 0.6) is 0 Å². The van der Waals surface area contributed by atoms with Crippen LogP contribution in [0.2, 0.25) is 0 Å². The summed E-state index contributed by atoms with van der Waals surface area (Å²) in [5, 5.41) is 7.92. The van der Waals surface area contributed by atoms with Gasteiger partial charge in [-0.15, -0.1) is 0 Å². The molecule has 0 fully saturated rings. The predicted octanol–water partition coefficient (Wildman–Crippen LogP) is 3.94. The van der Waals surface area contributed by atoms with Crippen LogP contribution in [0.25, 0.3) is 32.3 Å². The molecule has 0 aliphatic carbocycles. The molecule has 0 N–H and O–H groups in total. The summed E-state index contributed by atoms with van der Waals surface area (Å²) in [5.74, 6) is 0. The molecular formula is C18H11As. The molecule has 0 heterocycles. The molecule has 4 rings (SSSR count). The Balaban J connectivity index is 2.29. The van der Waals surface area contributed by atoms with E-state index in [1.165, 1.54) is 36.7 Å². The minimum absolute atomic E-state index is 1.28. The molecule has 2 radical (unpaired) electrons. The van der Waals surface area contributed by atoms with E-state index in [9.17, 15) is 0 Å². The van der Waals surface area contributed by atoms with Gasteiger partial charge in [-0.2, -0.15) is 0 Å². The van der Waals surface area contributed by atoms with E-state index < -0.39 is 0 Å². The Morgan fingerprint density at radius 3 is 2.11 bits per heavy atom.